The number of fused-ring (bicyclic) bond motifs is 2. The molecule has 1 fully saturated rings. The van der Waals surface area contributed by atoms with Gasteiger partial charge in [0.05, 0.1) is 17.5 Å². The third kappa shape index (κ3) is 3.20. The summed E-state index contributed by atoms with van der Waals surface area (Å²) in [7, 11) is -0.851. The fourth-order valence-electron chi connectivity index (χ4n) is 5.34. The average Bonchev–Trinajstić information content (AvgIpc) is 3.32. The molecule has 2 aliphatic heterocycles. The van der Waals surface area contributed by atoms with E-state index >= 15 is 0 Å². The Morgan fingerprint density at radius 1 is 1.30 bits per heavy atom. The molecule has 0 radical (unpaired) electrons. The predicted octanol–water partition coefficient (Wildman–Crippen LogP) is 1.68. The third-order valence-electron chi connectivity index (χ3n) is 6.62. The highest BCUT2D eigenvalue weighted by atomic mass is 28.4. The Kier molecular flexibility index (Phi) is 5.34. The van der Waals surface area contributed by atoms with E-state index in [0.29, 0.717) is 19.4 Å². The fraction of sp³-hybridized carbons (Fsp3) is 0.571. The van der Waals surface area contributed by atoms with Crippen molar-refractivity contribution < 1.29 is 19.4 Å². The number of rotatable bonds is 6. The highest BCUT2D eigenvalue weighted by Crippen LogP contribution is 2.59. The number of benzene rings is 1. The molecular formula is C21H30N4O4Si. The zero-order chi connectivity index (χ0) is 21.7. The van der Waals surface area contributed by atoms with Crippen LogP contribution < -0.4 is 4.90 Å². The molecule has 8 nitrogen and oxygen atoms in total. The van der Waals surface area contributed by atoms with E-state index in [9.17, 15) is 9.59 Å². The molecule has 1 aromatic heterocycles. The van der Waals surface area contributed by atoms with Crippen LogP contribution in [0.4, 0.5) is 5.69 Å². The van der Waals surface area contributed by atoms with Crippen molar-refractivity contribution in [3.05, 3.63) is 41.7 Å². The van der Waals surface area contributed by atoms with E-state index in [-0.39, 0.29) is 30.1 Å². The summed E-state index contributed by atoms with van der Waals surface area (Å²) in [6.45, 7) is 6.49. The van der Waals surface area contributed by atoms with E-state index < -0.39 is 13.9 Å². The maximum atomic E-state index is 13.4. The van der Waals surface area contributed by atoms with E-state index in [0.717, 1.165) is 16.9 Å². The molecule has 2 aliphatic rings. The first-order valence-corrected chi connectivity index (χ1v) is 13.5. The Balaban J connectivity index is 1.65. The molecule has 3 heterocycles. The van der Waals surface area contributed by atoms with Gasteiger partial charge in [-0.3, -0.25) is 9.48 Å². The molecule has 162 valence electrons. The number of hydrogen-bond donors (Lipinski definition) is 2. The minimum Gasteiger partial charge on any atom is -0.432 e. The number of aromatic nitrogens is 3. The number of aryl methyl sites for hydroxylation is 1. The second-order valence-electron chi connectivity index (χ2n) is 8.98. The van der Waals surface area contributed by atoms with Gasteiger partial charge in [0, 0.05) is 49.8 Å². The zero-order valence-corrected chi connectivity index (χ0v) is 18.9. The lowest BCUT2D eigenvalue weighted by atomic mass is 9.82. The second-order valence-corrected chi connectivity index (χ2v) is 13.0. The van der Waals surface area contributed by atoms with Gasteiger partial charge >= 0.3 is 0 Å². The van der Waals surface area contributed by atoms with Crippen molar-refractivity contribution in [3.8, 4) is 0 Å². The largest absolute Gasteiger partial charge is 0.432 e. The number of likely N-dealkylation sites (N-methyl/N-ethyl adjacent to an activating group) is 1. The highest BCUT2D eigenvalue weighted by Gasteiger charge is 2.65. The van der Waals surface area contributed by atoms with Gasteiger partial charge in [-0.15, -0.1) is 5.10 Å². The molecule has 30 heavy (non-hydrogen) atoms. The number of amides is 1. The number of hydrogen-bond acceptors (Lipinski definition) is 6. The summed E-state index contributed by atoms with van der Waals surface area (Å²) in [6.07, 6.45) is 2.65. The van der Waals surface area contributed by atoms with Crippen LogP contribution in [0.3, 0.4) is 0 Å². The molecule has 1 amide bonds. The minimum absolute atomic E-state index is 0.0336. The van der Waals surface area contributed by atoms with Crippen LogP contribution in [0, 0.1) is 5.92 Å². The number of aliphatic hydroxyl groups excluding tert-OH is 1. The fourth-order valence-corrected chi connectivity index (χ4v) is 7.95. The van der Waals surface area contributed by atoms with E-state index in [1.807, 2.05) is 50.5 Å². The average molecular weight is 431 g/mol. The van der Waals surface area contributed by atoms with Crippen LogP contribution in [-0.2, 0) is 28.1 Å². The van der Waals surface area contributed by atoms with Crippen molar-refractivity contribution >= 4 is 19.9 Å². The lowest BCUT2D eigenvalue weighted by Gasteiger charge is -2.32. The van der Waals surface area contributed by atoms with Gasteiger partial charge in [-0.2, -0.15) is 0 Å². The van der Waals surface area contributed by atoms with Crippen LogP contribution in [0.2, 0.25) is 18.6 Å². The molecule has 0 saturated carbocycles. The monoisotopic (exact) mass is 430 g/mol. The summed E-state index contributed by atoms with van der Waals surface area (Å²) in [5.74, 6) is -0.207. The van der Waals surface area contributed by atoms with Crippen LogP contribution in [0.25, 0.3) is 0 Å². The lowest BCUT2D eigenvalue weighted by Crippen LogP contribution is -2.45. The summed E-state index contributed by atoms with van der Waals surface area (Å²) >= 11 is 0. The quantitative estimate of drug-likeness (QED) is 0.676. The number of ether oxygens (including phenoxy) is 1. The molecule has 1 spiro atoms. The van der Waals surface area contributed by atoms with Crippen molar-refractivity contribution in [2.45, 2.75) is 56.7 Å². The molecule has 4 rings (SSSR count). The van der Waals surface area contributed by atoms with Crippen molar-refractivity contribution in [2.75, 3.05) is 18.6 Å². The number of nitrogens with zero attached hydrogens (tertiary/aromatic N) is 4. The van der Waals surface area contributed by atoms with Crippen molar-refractivity contribution in [3.63, 3.8) is 0 Å². The smallest absolute Gasteiger partial charge is 0.264 e. The van der Waals surface area contributed by atoms with Crippen LogP contribution in [-0.4, -0.2) is 58.9 Å². The van der Waals surface area contributed by atoms with Gasteiger partial charge in [0.25, 0.3) is 5.91 Å². The maximum absolute atomic E-state index is 13.4. The van der Waals surface area contributed by atoms with Gasteiger partial charge < -0.3 is 19.5 Å². The summed E-state index contributed by atoms with van der Waals surface area (Å²) < 4.78 is 8.37. The van der Waals surface area contributed by atoms with Gasteiger partial charge in [-0.25, -0.2) is 0 Å². The predicted molar refractivity (Wildman–Crippen MR) is 114 cm³/mol. The van der Waals surface area contributed by atoms with Crippen molar-refractivity contribution in [1.29, 1.82) is 0 Å². The topological polar surface area (TPSA) is 101 Å². The Labute approximate surface area is 177 Å². The normalized spacial score (nSPS) is 28.5. The zero-order valence-electron chi connectivity index (χ0n) is 17.9. The summed E-state index contributed by atoms with van der Waals surface area (Å²) in [5, 5.41) is 17.3. The van der Waals surface area contributed by atoms with E-state index in [2.05, 4.69) is 10.3 Å². The van der Waals surface area contributed by atoms with Gasteiger partial charge in [-0.1, -0.05) is 30.3 Å². The van der Waals surface area contributed by atoms with Gasteiger partial charge in [-0.05, 0) is 25.6 Å². The molecule has 0 unspecified atom stereocenters. The number of para-hydroxylation sites is 1. The van der Waals surface area contributed by atoms with Crippen molar-refractivity contribution in [1.82, 2.24) is 15.0 Å². The molecule has 2 aromatic rings. The van der Waals surface area contributed by atoms with Crippen LogP contribution in [0.1, 0.15) is 24.6 Å². The molecule has 1 saturated heterocycles. The highest BCUT2D eigenvalue weighted by molar-refractivity contribution is 6.71. The SMILES string of the molecule is C[C@@H]1[C@@H]([Si](C)(C)O)[C@H](CCn2cc(CCO)nn2)O[C@@]12C(=O)N(C)c1ccccc12. The molecule has 2 N–H and O–H groups in total. The van der Waals surface area contributed by atoms with E-state index in [1.54, 1.807) is 16.6 Å². The Morgan fingerprint density at radius 3 is 2.73 bits per heavy atom. The first-order valence-electron chi connectivity index (χ1n) is 10.5. The Hall–Kier alpha value is -2.07. The second kappa shape index (κ2) is 7.56. The van der Waals surface area contributed by atoms with Crippen molar-refractivity contribution in [2.24, 2.45) is 5.92 Å². The first-order chi connectivity index (χ1) is 14.2. The summed E-state index contributed by atoms with van der Waals surface area (Å²) in [6, 6.07) is 7.78. The molecule has 0 bridgehead atoms. The van der Waals surface area contributed by atoms with E-state index in [4.69, 9.17) is 9.84 Å². The van der Waals surface area contributed by atoms with Gasteiger partial charge in [0.2, 0.25) is 0 Å². The number of anilines is 1. The van der Waals surface area contributed by atoms with Gasteiger partial charge in [0.15, 0.2) is 13.9 Å². The molecule has 9 heteroatoms. The molecule has 4 atom stereocenters. The Morgan fingerprint density at radius 2 is 2.03 bits per heavy atom. The third-order valence-corrected chi connectivity index (χ3v) is 9.12. The van der Waals surface area contributed by atoms with Crippen LogP contribution >= 0.6 is 0 Å². The number of aliphatic hydroxyl groups is 1. The minimum atomic E-state index is -2.64. The summed E-state index contributed by atoms with van der Waals surface area (Å²) in [4.78, 5) is 26.3. The first kappa shape index (κ1) is 21.2. The van der Waals surface area contributed by atoms with Crippen LogP contribution in [0.15, 0.2) is 30.5 Å². The molecule has 0 aliphatic carbocycles. The standard InChI is InChI=1S/C21H30N4O4Si/c1-14-19(30(3,4)28)18(9-11-25-13-15(10-12-26)22-23-25)29-21(14)16-7-5-6-8-17(16)24(2)20(21)27/h5-8,13-14,18-19,26,28H,9-12H2,1-4H3/t14-,18+,19-,21+/m1/s1. The Bertz CT molecular complexity index is 943. The number of carbonyl (C=O) groups excluding carboxylic acids is 1. The molecular weight excluding hydrogens is 400 g/mol. The van der Waals surface area contributed by atoms with Gasteiger partial charge in [0.1, 0.15) is 0 Å². The van der Waals surface area contributed by atoms with Crippen LogP contribution in [0.5, 0.6) is 0 Å². The summed E-state index contributed by atoms with van der Waals surface area (Å²) in [5.41, 5.74) is 1.35. The molecule has 1 aromatic carbocycles. The maximum Gasteiger partial charge on any atom is 0.264 e. The lowest BCUT2D eigenvalue weighted by molar-refractivity contribution is -0.145. The van der Waals surface area contributed by atoms with E-state index in [1.165, 1.54) is 0 Å². The number of carbonyl (C=O) groups is 1.